The monoisotopic (exact) mass is 380 g/mol. The van der Waals surface area contributed by atoms with Crippen LogP contribution in [0.5, 0.6) is 5.75 Å². The number of alkyl halides is 4. The maximum absolute atomic E-state index is 14.0. The van der Waals surface area contributed by atoms with Crippen LogP contribution in [0.3, 0.4) is 0 Å². The van der Waals surface area contributed by atoms with Crippen molar-refractivity contribution in [2.45, 2.75) is 12.5 Å². The molecule has 10 heteroatoms. The third-order valence-corrected chi connectivity index (χ3v) is 3.50. The van der Waals surface area contributed by atoms with Gasteiger partial charge in [0, 0.05) is 5.56 Å². The lowest BCUT2D eigenvalue weighted by Crippen LogP contribution is -2.33. The van der Waals surface area contributed by atoms with Crippen LogP contribution in [0.15, 0.2) is 42.5 Å². The molecule has 2 aromatic carbocycles. The number of H-pyrrole nitrogens is 1. The third kappa shape index (κ3) is 3.87. The Morgan fingerprint density at radius 1 is 1.04 bits per heavy atom. The Hall–Kier alpha value is -3.48. The average molecular weight is 380 g/mol. The van der Waals surface area contributed by atoms with Crippen molar-refractivity contribution in [3.05, 3.63) is 54.0 Å². The summed E-state index contributed by atoms with van der Waals surface area (Å²) in [7, 11) is 0. The van der Waals surface area contributed by atoms with Gasteiger partial charge in [0.15, 0.2) is 5.69 Å². The molecule has 1 N–H and O–H groups in total. The summed E-state index contributed by atoms with van der Waals surface area (Å²) in [5.41, 5.74) is 0.748. The Morgan fingerprint density at radius 3 is 2.48 bits per heavy atom. The minimum atomic E-state index is -4.66. The molecule has 0 aliphatic heterocycles. The summed E-state index contributed by atoms with van der Waals surface area (Å²) < 4.78 is 68.8. The van der Waals surface area contributed by atoms with Crippen LogP contribution < -0.4 is 4.74 Å². The molecule has 3 rings (SSSR count). The fourth-order valence-electron chi connectivity index (χ4n) is 2.34. The SMILES string of the molecule is N#Cc1n[nH]nc1-c1cc(F)cc(-c2cccc(OC(F)(F)C(F)F)c2)c1. The van der Waals surface area contributed by atoms with Gasteiger partial charge >= 0.3 is 12.5 Å². The molecule has 0 unspecified atom stereocenters. The molecule has 0 radical (unpaired) electrons. The Balaban J connectivity index is 2.00. The molecule has 0 atom stereocenters. The predicted molar refractivity (Wildman–Crippen MR) is 83.5 cm³/mol. The molecule has 0 amide bonds. The number of aromatic nitrogens is 3. The highest BCUT2D eigenvalue weighted by Crippen LogP contribution is 2.32. The van der Waals surface area contributed by atoms with E-state index in [1.54, 1.807) is 6.07 Å². The van der Waals surface area contributed by atoms with Crippen molar-refractivity contribution in [3.63, 3.8) is 0 Å². The van der Waals surface area contributed by atoms with Crippen molar-refractivity contribution in [1.29, 1.82) is 5.26 Å². The van der Waals surface area contributed by atoms with Gasteiger partial charge in [0.1, 0.15) is 23.3 Å². The molecule has 0 spiro atoms. The van der Waals surface area contributed by atoms with Crippen LogP contribution in [0.1, 0.15) is 5.69 Å². The van der Waals surface area contributed by atoms with Gasteiger partial charge in [-0.3, -0.25) is 0 Å². The van der Waals surface area contributed by atoms with Crippen LogP contribution in [0.25, 0.3) is 22.4 Å². The molecule has 3 aromatic rings. The number of aromatic amines is 1. The summed E-state index contributed by atoms with van der Waals surface area (Å²) in [5, 5.41) is 18.7. The smallest absolute Gasteiger partial charge is 0.428 e. The van der Waals surface area contributed by atoms with Crippen molar-refractivity contribution < 1.29 is 26.7 Å². The van der Waals surface area contributed by atoms with Gasteiger partial charge in [0.05, 0.1) is 0 Å². The van der Waals surface area contributed by atoms with E-state index in [0.29, 0.717) is 0 Å². The van der Waals surface area contributed by atoms with E-state index in [9.17, 15) is 22.0 Å². The number of hydrogen-bond acceptors (Lipinski definition) is 4. The van der Waals surface area contributed by atoms with Crippen molar-refractivity contribution in [1.82, 2.24) is 15.4 Å². The molecule has 0 aliphatic rings. The molecule has 1 heterocycles. The fraction of sp³-hybridized carbons (Fsp3) is 0.118. The fourth-order valence-corrected chi connectivity index (χ4v) is 2.34. The van der Waals surface area contributed by atoms with E-state index < -0.39 is 24.1 Å². The van der Waals surface area contributed by atoms with Gasteiger partial charge in [-0.2, -0.15) is 33.1 Å². The number of nitrogens with one attached hydrogen (secondary N) is 1. The average Bonchev–Trinajstić information content (AvgIpc) is 3.09. The maximum atomic E-state index is 14.0. The molecule has 1 aromatic heterocycles. The number of nitrogens with zero attached hydrogens (tertiary/aromatic N) is 3. The van der Waals surface area contributed by atoms with Gasteiger partial charge in [-0.05, 0) is 41.5 Å². The number of benzene rings is 2. The summed E-state index contributed by atoms with van der Waals surface area (Å²) in [5.74, 6) is -1.19. The number of hydrogen-bond donors (Lipinski definition) is 1. The second kappa shape index (κ2) is 7.03. The number of ether oxygens (including phenoxy) is 1. The van der Waals surface area contributed by atoms with E-state index in [4.69, 9.17) is 5.26 Å². The molecule has 0 fully saturated rings. The minimum absolute atomic E-state index is 0.0554. The van der Waals surface area contributed by atoms with Crippen LogP contribution in [-0.2, 0) is 0 Å². The van der Waals surface area contributed by atoms with Crippen molar-refractivity contribution in [3.8, 4) is 34.2 Å². The summed E-state index contributed by atoms with van der Waals surface area (Å²) in [6.07, 6.45) is -8.66. The Bertz CT molecular complexity index is 1010. The van der Waals surface area contributed by atoms with E-state index >= 15 is 0 Å². The Labute approximate surface area is 149 Å². The second-order valence-corrected chi connectivity index (χ2v) is 5.35. The van der Waals surface area contributed by atoms with Gasteiger partial charge in [0.25, 0.3) is 0 Å². The van der Waals surface area contributed by atoms with Gasteiger partial charge in [-0.1, -0.05) is 12.1 Å². The van der Waals surface area contributed by atoms with Crippen molar-refractivity contribution in [2.24, 2.45) is 0 Å². The molecular formula is C17H9F5N4O. The molecule has 0 saturated heterocycles. The van der Waals surface area contributed by atoms with E-state index in [0.717, 1.165) is 24.3 Å². The molecular weight excluding hydrogens is 371 g/mol. The van der Waals surface area contributed by atoms with E-state index in [1.165, 1.54) is 18.2 Å². The van der Waals surface area contributed by atoms with E-state index in [2.05, 4.69) is 20.1 Å². The van der Waals surface area contributed by atoms with E-state index in [1.807, 2.05) is 0 Å². The summed E-state index contributed by atoms with van der Waals surface area (Å²) in [6.45, 7) is 0. The first-order valence-corrected chi connectivity index (χ1v) is 7.37. The Kier molecular flexibility index (Phi) is 4.77. The number of halogens is 5. The van der Waals surface area contributed by atoms with Gasteiger partial charge in [-0.15, -0.1) is 5.10 Å². The second-order valence-electron chi connectivity index (χ2n) is 5.35. The zero-order valence-electron chi connectivity index (χ0n) is 13.3. The molecule has 0 saturated carbocycles. The van der Waals surface area contributed by atoms with Gasteiger partial charge < -0.3 is 4.74 Å². The molecule has 138 valence electrons. The van der Waals surface area contributed by atoms with Crippen LogP contribution in [0, 0.1) is 17.1 Å². The normalized spacial score (nSPS) is 11.4. The van der Waals surface area contributed by atoms with E-state index in [-0.39, 0.29) is 28.1 Å². The Morgan fingerprint density at radius 2 is 1.78 bits per heavy atom. The van der Waals surface area contributed by atoms with Crippen LogP contribution in [0.2, 0.25) is 0 Å². The molecule has 5 nitrogen and oxygen atoms in total. The third-order valence-electron chi connectivity index (χ3n) is 3.50. The van der Waals surface area contributed by atoms with Gasteiger partial charge in [0.2, 0.25) is 0 Å². The zero-order chi connectivity index (χ0) is 19.6. The lowest BCUT2D eigenvalue weighted by Gasteiger charge is -2.17. The lowest BCUT2D eigenvalue weighted by atomic mass is 10.0. The lowest BCUT2D eigenvalue weighted by molar-refractivity contribution is -0.253. The highest BCUT2D eigenvalue weighted by atomic mass is 19.3. The molecule has 27 heavy (non-hydrogen) atoms. The maximum Gasteiger partial charge on any atom is 0.461 e. The summed E-state index contributed by atoms with van der Waals surface area (Å²) in [6, 6.07) is 10.4. The quantitative estimate of drug-likeness (QED) is 0.667. The topological polar surface area (TPSA) is 74.6 Å². The minimum Gasteiger partial charge on any atom is -0.428 e. The first-order valence-electron chi connectivity index (χ1n) is 7.37. The predicted octanol–water partition coefficient (Wildman–Crippen LogP) is 4.39. The largest absolute Gasteiger partial charge is 0.461 e. The summed E-state index contributed by atoms with van der Waals surface area (Å²) >= 11 is 0. The highest BCUT2D eigenvalue weighted by Gasteiger charge is 2.44. The van der Waals surface area contributed by atoms with Gasteiger partial charge in [-0.25, -0.2) is 4.39 Å². The van der Waals surface area contributed by atoms with Crippen molar-refractivity contribution in [2.75, 3.05) is 0 Å². The van der Waals surface area contributed by atoms with Crippen LogP contribution in [0.4, 0.5) is 22.0 Å². The van der Waals surface area contributed by atoms with Crippen molar-refractivity contribution >= 4 is 0 Å². The molecule has 0 aliphatic carbocycles. The number of nitriles is 1. The standard InChI is InChI=1S/C17H9F5N4O/c18-12-5-10(4-11(6-12)15-14(8-23)24-26-25-15)9-2-1-3-13(7-9)27-17(21,22)16(19)20/h1-7,16H,(H,24,25,26). The van der Waals surface area contributed by atoms with Crippen LogP contribution >= 0.6 is 0 Å². The molecule has 0 bridgehead atoms. The highest BCUT2D eigenvalue weighted by molar-refractivity contribution is 5.74. The number of rotatable bonds is 5. The zero-order valence-corrected chi connectivity index (χ0v) is 13.3. The first-order chi connectivity index (χ1) is 12.8. The first kappa shape index (κ1) is 18.3. The van der Waals surface area contributed by atoms with Crippen LogP contribution in [-0.4, -0.2) is 27.9 Å². The summed E-state index contributed by atoms with van der Waals surface area (Å²) in [4.78, 5) is 0.